The summed E-state index contributed by atoms with van der Waals surface area (Å²) >= 11 is 5.88. The van der Waals surface area contributed by atoms with Crippen molar-refractivity contribution >= 4 is 39.2 Å². The number of amides is 1. The number of hydrogen-bond acceptors (Lipinski definition) is 7. The van der Waals surface area contributed by atoms with Gasteiger partial charge in [-0.2, -0.15) is 0 Å². The maximum Gasteiger partial charge on any atom is 0.277 e. The minimum Gasteiger partial charge on any atom is -0.355 e. The number of carbonyl (C=O) groups excluding carboxylic acids is 1. The number of benzene rings is 2. The lowest BCUT2D eigenvalue weighted by atomic mass is 10.1. The zero-order valence-corrected chi connectivity index (χ0v) is 19.1. The topological polar surface area (TPSA) is 127 Å². The smallest absolute Gasteiger partial charge is 0.277 e. The Balaban J connectivity index is 1.45. The number of halogens is 1. The lowest BCUT2D eigenvalue weighted by Crippen LogP contribution is -2.16. The second kappa shape index (κ2) is 9.00. The average molecular weight is 484 g/mol. The minimum atomic E-state index is -3.90. The summed E-state index contributed by atoms with van der Waals surface area (Å²) in [6, 6.07) is 15.8. The Labute approximate surface area is 194 Å². The van der Waals surface area contributed by atoms with Gasteiger partial charge in [-0.05, 0) is 68.4 Å². The number of aromatic nitrogens is 3. The van der Waals surface area contributed by atoms with Gasteiger partial charge < -0.3 is 9.84 Å². The van der Waals surface area contributed by atoms with E-state index in [1.165, 1.54) is 30.3 Å². The summed E-state index contributed by atoms with van der Waals surface area (Å²) in [4.78, 5) is 20.7. The van der Waals surface area contributed by atoms with Gasteiger partial charge in [0.15, 0.2) is 11.5 Å². The molecule has 168 valence electrons. The molecular formula is C22H18ClN5O4S. The summed E-state index contributed by atoms with van der Waals surface area (Å²) in [5, 5.41) is 7.02. The van der Waals surface area contributed by atoms with Crippen LogP contribution in [0, 0.1) is 13.8 Å². The van der Waals surface area contributed by atoms with Crippen LogP contribution in [0.15, 0.2) is 70.1 Å². The summed E-state index contributed by atoms with van der Waals surface area (Å²) in [7, 11) is -3.90. The zero-order chi connectivity index (χ0) is 23.6. The van der Waals surface area contributed by atoms with Crippen molar-refractivity contribution < 1.29 is 17.7 Å². The Hall–Kier alpha value is -3.76. The van der Waals surface area contributed by atoms with Gasteiger partial charge in [-0.15, -0.1) is 0 Å². The number of anilines is 2. The fourth-order valence-electron chi connectivity index (χ4n) is 3.00. The molecule has 0 aliphatic carbocycles. The van der Waals surface area contributed by atoms with Gasteiger partial charge in [-0.1, -0.05) is 16.8 Å². The molecular weight excluding hydrogens is 466 g/mol. The van der Waals surface area contributed by atoms with E-state index in [1.807, 2.05) is 0 Å². The van der Waals surface area contributed by atoms with Crippen LogP contribution < -0.4 is 10.0 Å². The van der Waals surface area contributed by atoms with Crippen LogP contribution in [0.25, 0.3) is 11.3 Å². The second-order valence-electron chi connectivity index (χ2n) is 7.14. The Morgan fingerprint density at radius 2 is 1.58 bits per heavy atom. The van der Waals surface area contributed by atoms with E-state index in [2.05, 4.69) is 25.2 Å². The molecule has 4 rings (SSSR count). The lowest BCUT2D eigenvalue weighted by molar-refractivity contribution is 0.101. The molecule has 2 aromatic carbocycles. The third-order valence-corrected chi connectivity index (χ3v) is 6.10. The van der Waals surface area contributed by atoms with Crippen molar-refractivity contribution in [2.75, 3.05) is 10.0 Å². The molecule has 0 fully saturated rings. The van der Waals surface area contributed by atoms with E-state index in [0.29, 0.717) is 27.9 Å². The molecule has 0 aliphatic heterocycles. The van der Waals surface area contributed by atoms with Gasteiger partial charge >= 0.3 is 0 Å². The molecule has 0 saturated heterocycles. The zero-order valence-electron chi connectivity index (χ0n) is 17.5. The predicted octanol–water partition coefficient (Wildman–Crippen LogP) is 4.45. The Bertz CT molecular complexity index is 1400. The number of nitrogens with one attached hydrogen (secondary N) is 2. The molecule has 33 heavy (non-hydrogen) atoms. The van der Waals surface area contributed by atoms with Crippen LogP contribution in [-0.4, -0.2) is 29.4 Å². The van der Waals surface area contributed by atoms with E-state index in [4.69, 9.17) is 16.1 Å². The van der Waals surface area contributed by atoms with Crippen LogP contribution in [-0.2, 0) is 10.0 Å². The van der Waals surface area contributed by atoms with Crippen molar-refractivity contribution in [2.24, 2.45) is 0 Å². The molecule has 0 atom stereocenters. The third-order valence-electron chi connectivity index (χ3n) is 4.50. The largest absolute Gasteiger partial charge is 0.355 e. The van der Waals surface area contributed by atoms with Crippen LogP contribution in [0.5, 0.6) is 0 Å². The number of carbonyl (C=O) groups is 1. The van der Waals surface area contributed by atoms with Crippen LogP contribution in [0.2, 0.25) is 5.02 Å². The molecule has 1 amide bonds. The highest BCUT2D eigenvalue weighted by atomic mass is 35.5. The van der Waals surface area contributed by atoms with E-state index < -0.39 is 15.9 Å². The van der Waals surface area contributed by atoms with Crippen LogP contribution in [0.1, 0.15) is 21.9 Å². The normalized spacial score (nSPS) is 11.2. The van der Waals surface area contributed by atoms with E-state index in [1.54, 1.807) is 44.2 Å². The van der Waals surface area contributed by atoms with Gasteiger partial charge in [0, 0.05) is 33.7 Å². The maximum atomic E-state index is 12.6. The van der Waals surface area contributed by atoms with Gasteiger partial charge in [0.2, 0.25) is 5.95 Å². The van der Waals surface area contributed by atoms with Crippen LogP contribution in [0.4, 0.5) is 11.6 Å². The first-order valence-electron chi connectivity index (χ1n) is 9.69. The van der Waals surface area contributed by atoms with E-state index >= 15 is 0 Å². The molecule has 0 unspecified atom stereocenters. The number of nitrogens with zero attached hydrogens (tertiary/aromatic N) is 3. The highest BCUT2D eigenvalue weighted by Crippen LogP contribution is 2.23. The quantitative estimate of drug-likeness (QED) is 0.414. The van der Waals surface area contributed by atoms with Gasteiger partial charge in [-0.25, -0.2) is 23.1 Å². The van der Waals surface area contributed by atoms with Crippen molar-refractivity contribution in [2.45, 2.75) is 18.7 Å². The molecule has 0 bridgehead atoms. The third kappa shape index (κ3) is 5.36. The van der Waals surface area contributed by atoms with Crippen molar-refractivity contribution in [1.29, 1.82) is 0 Å². The Morgan fingerprint density at radius 1 is 0.939 bits per heavy atom. The monoisotopic (exact) mass is 483 g/mol. The highest BCUT2D eigenvalue weighted by molar-refractivity contribution is 7.92. The van der Waals surface area contributed by atoms with Crippen molar-refractivity contribution in [3.63, 3.8) is 0 Å². The average Bonchev–Trinajstić information content (AvgIpc) is 3.24. The molecule has 2 N–H and O–H groups in total. The fraction of sp³-hybridized carbons (Fsp3) is 0.0909. The standard InChI is InChI=1S/C22H18ClN5O4S/c1-13-11-14(2)25-22(24-13)28-33(30,31)18-9-7-17(8-10-18)26-21(29)19-12-20(32-27-19)15-3-5-16(23)6-4-15/h3-12H,1-2H3,(H,26,29)(H,24,25,28). The molecule has 0 radical (unpaired) electrons. The Kier molecular flexibility index (Phi) is 6.12. The van der Waals surface area contributed by atoms with Crippen LogP contribution >= 0.6 is 11.6 Å². The van der Waals surface area contributed by atoms with E-state index in [-0.39, 0.29) is 16.5 Å². The summed E-state index contributed by atoms with van der Waals surface area (Å²) in [6.45, 7) is 3.49. The Morgan fingerprint density at radius 3 is 2.21 bits per heavy atom. The number of sulfonamides is 1. The van der Waals surface area contributed by atoms with Gasteiger partial charge in [0.25, 0.3) is 15.9 Å². The molecule has 0 saturated carbocycles. The fourth-order valence-corrected chi connectivity index (χ4v) is 4.07. The van der Waals surface area contributed by atoms with Crippen molar-refractivity contribution in [3.8, 4) is 11.3 Å². The lowest BCUT2D eigenvalue weighted by Gasteiger charge is -2.09. The maximum absolute atomic E-state index is 12.6. The van der Waals surface area contributed by atoms with Crippen molar-refractivity contribution in [3.05, 3.63) is 82.8 Å². The first-order chi connectivity index (χ1) is 15.7. The number of hydrogen-bond donors (Lipinski definition) is 2. The molecule has 11 heteroatoms. The van der Waals surface area contributed by atoms with Gasteiger partial charge in [-0.3, -0.25) is 4.79 Å². The number of aryl methyl sites for hydroxylation is 2. The number of rotatable bonds is 6. The summed E-state index contributed by atoms with van der Waals surface area (Å²) < 4.78 is 32.8. The summed E-state index contributed by atoms with van der Waals surface area (Å²) in [6.07, 6.45) is 0. The summed E-state index contributed by atoms with van der Waals surface area (Å²) in [5.74, 6) is -0.0957. The first-order valence-corrected chi connectivity index (χ1v) is 11.5. The molecule has 9 nitrogen and oxygen atoms in total. The predicted molar refractivity (Wildman–Crippen MR) is 124 cm³/mol. The SMILES string of the molecule is Cc1cc(C)nc(NS(=O)(=O)c2ccc(NC(=O)c3cc(-c4ccc(Cl)cc4)on3)cc2)n1. The van der Waals surface area contributed by atoms with E-state index in [0.717, 1.165) is 5.56 Å². The van der Waals surface area contributed by atoms with Crippen LogP contribution in [0.3, 0.4) is 0 Å². The molecule has 0 spiro atoms. The molecule has 2 heterocycles. The summed E-state index contributed by atoms with van der Waals surface area (Å²) in [5.41, 5.74) is 2.47. The minimum absolute atomic E-state index is 0.00489. The first kappa shape index (κ1) is 22.4. The molecule has 0 aliphatic rings. The second-order valence-corrected chi connectivity index (χ2v) is 9.26. The van der Waals surface area contributed by atoms with E-state index in [9.17, 15) is 13.2 Å². The molecule has 4 aromatic rings. The van der Waals surface area contributed by atoms with Gasteiger partial charge in [0.1, 0.15) is 0 Å². The van der Waals surface area contributed by atoms with Gasteiger partial charge in [0.05, 0.1) is 4.90 Å². The highest BCUT2D eigenvalue weighted by Gasteiger charge is 2.18. The molecule has 2 aromatic heterocycles. The van der Waals surface area contributed by atoms with Crippen molar-refractivity contribution in [1.82, 2.24) is 15.1 Å².